The Labute approximate surface area is 140 Å². The van der Waals surface area contributed by atoms with E-state index in [0.29, 0.717) is 17.4 Å². The van der Waals surface area contributed by atoms with Crippen molar-refractivity contribution in [2.75, 3.05) is 0 Å². The van der Waals surface area contributed by atoms with Crippen LogP contribution < -0.4 is 5.43 Å². The van der Waals surface area contributed by atoms with Gasteiger partial charge in [0, 0.05) is 28.6 Å². The van der Waals surface area contributed by atoms with E-state index in [1.54, 1.807) is 6.07 Å². The van der Waals surface area contributed by atoms with Crippen LogP contribution in [0.3, 0.4) is 0 Å². The summed E-state index contributed by atoms with van der Waals surface area (Å²) in [6.45, 7) is 2.12. The van der Waals surface area contributed by atoms with Crippen molar-refractivity contribution in [3.05, 3.63) is 81.6 Å². The molecule has 24 heavy (non-hydrogen) atoms. The summed E-state index contributed by atoms with van der Waals surface area (Å²) in [5.41, 5.74) is 3.19. The van der Waals surface area contributed by atoms with Crippen LogP contribution in [0.15, 0.2) is 59.4 Å². The van der Waals surface area contributed by atoms with Crippen LogP contribution in [0, 0.1) is 6.92 Å². The van der Waals surface area contributed by atoms with Crippen molar-refractivity contribution >= 4 is 16.9 Å². The molecule has 122 valence electrons. The summed E-state index contributed by atoms with van der Waals surface area (Å²) in [7, 11) is 0. The first-order valence-electron chi connectivity index (χ1n) is 7.95. The van der Waals surface area contributed by atoms with E-state index in [0.717, 1.165) is 16.8 Å². The number of ether oxygens (including phenoxy) is 1. The molecule has 3 rings (SSSR count). The lowest BCUT2D eigenvalue weighted by atomic mass is 10.0. The number of hydrogen-bond donors (Lipinski definition) is 1. The summed E-state index contributed by atoms with van der Waals surface area (Å²) >= 11 is 0. The average Bonchev–Trinajstić information content (AvgIpc) is 2.60. The van der Waals surface area contributed by atoms with Crippen molar-refractivity contribution in [1.29, 1.82) is 0 Å². The SMILES string of the molecule is Cc1[nH]c2ccccc2c(=O)c1CCC(=O)OCc1ccccc1. The second-order valence-electron chi connectivity index (χ2n) is 5.75. The van der Waals surface area contributed by atoms with Gasteiger partial charge in [-0.3, -0.25) is 9.59 Å². The zero-order chi connectivity index (χ0) is 16.9. The van der Waals surface area contributed by atoms with E-state index < -0.39 is 0 Å². The molecule has 0 radical (unpaired) electrons. The highest BCUT2D eigenvalue weighted by Crippen LogP contribution is 2.12. The molecule has 0 bridgehead atoms. The number of rotatable bonds is 5. The minimum Gasteiger partial charge on any atom is -0.461 e. The van der Waals surface area contributed by atoms with Gasteiger partial charge in [0.05, 0.1) is 0 Å². The van der Waals surface area contributed by atoms with Crippen molar-refractivity contribution in [3.63, 3.8) is 0 Å². The van der Waals surface area contributed by atoms with Crippen molar-refractivity contribution in [2.24, 2.45) is 0 Å². The molecule has 4 heteroatoms. The van der Waals surface area contributed by atoms with E-state index in [9.17, 15) is 9.59 Å². The first-order valence-corrected chi connectivity index (χ1v) is 7.95. The third kappa shape index (κ3) is 3.54. The van der Waals surface area contributed by atoms with Gasteiger partial charge in [-0.15, -0.1) is 0 Å². The van der Waals surface area contributed by atoms with Crippen LogP contribution in [0.1, 0.15) is 23.2 Å². The summed E-state index contributed by atoms with van der Waals surface area (Å²) in [5.74, 6) is -0.300. The lowest BCUT2D eigenvalue weighted by molar-refractivity contribution is -0.144. The minimum absolute atomic E-state index is 0.0160. The fourth-order valence-corrected chi connectivity index (χ4v) is 2.74. The first kappa shape index (κ1) is 16.0. The van der Waals surface area contributed by atoms with Crippen LogP contribution in [0.2, 0.25) is 0 Å². The smallest absolute Gasteiger partial charge is 0.306 e. The monoisotopic (exact) mass is 321 g/mol. The van der Waals surface area contributed by atoms with Gasteiger partial charge in [0.25, 0.3) is 0 Å². The van der Waals surface area contributed by atoms with Crippen LogP contribution in [0.25, 0.3) is 10.9 Å². The number of aromatic nitrogens is 1. The standard InChI is InChI=1S/C20H19NO3/c1-14-16(20(23)17-9-5-6-10-18(17)21-14)11-12-19(22)24-13-15-7-3-2-4-8-15/h2-10H,11-13H2,1H3,(H,21,23). The highest BCUT2D eigenvalue weighted by molar-refractivity contribution is 5.79. The summed E-state index contributed by atoms with van der Waals surface area (Å²) in [6.07, 6.45) is 0.564. The number of carbonyl (C=O) groups excluding carboxylic acids is 1. The Kier molecular flexibility index (Phi) is 4.75. The molecule has 1 aromatic heterocycles. The lowest BCUT2D eigenvalue weighted by Crippen LogP contribution is -2.15. The van der Waals surface area contributed by atoms with Gasteiger partial charge in [-0.1, -0.05) is 42.5 Å². The number of benzene rings is 2. The third-order valence-electron chi connectivity index (χ3n) is 4.04. The quantitative estimate of drug-likeness (QED) is 0.732. The highest BCUT2D eigenvalue weighted by atomic mass is 16.5. The number of esters is 1. The summed E-state index contributed by atoms with van der Waals surface area (Å²) in [5, 5.41) is 0.649. The predicted octanol–water partition coefficient (Wildman–Crippen LogP) is 3.51. The zero-order valence-corrected chi connectivity index (χ0v) is 13.5. The molecule has 3 aromatic rings. The molecular formula is C20H19NO3. The number of fused-ring (bicyclic) bond motifs is 1. The van der Waals surface area contributed by atoms with Crippen LogP contribution >= 0.6 is 0 Å². The molecule has 0 saturated heterocycles. The van der Waals surface area contributed by atoms with Gasteiger partial charge >= 0.3 is 5.97 Å². The van der Waals surface area contributed by atoms with E-state index in [2.05, 4.69) is 4.98 Å². The van der Waals surface area contributed by atoms with Crippen LogP contribution in [0.5, 0.6) is 0 Å². The Morgan fingerprint density at radius 3 is 2.54 bits per heavy atom. The zero-order valence-electron chi connectivity index (χ0n) is 13.5. The Balaban J connectivity index is 1.67. The van der Waals surface area contributed by atoms with Crippen molar-refractivity contribution in [2.45, 2.75) is 26.4 Å². The molecule has 0 aliphatic heterocycles. The normalized spacial score (nSPS) is 10.7. The van der Waals surface area contributed by atoms with Gasteiger partial charge in [0.1, 0.15) is 6.61 Å². The van der Waals surface area contributed by atoms with Crippen LogP contribution in [-0.2, 0) is 22.6 Å². The molecule has 0 aliphatic carbocycles. The molecule has 0 fully saturated rings. The van der Waals surface area contributed by atoms with Gasteiger partial charge in [0.15, 0.2) is 5.43 Å². The number of nitrogens with one attached hydrogen (secondary N) is 1. The molecule has 0 unspecified atom stereocenters. The van der Waals surface area contributed by atoms with Gasteiger partial charge in [-0.2, -0.15) is 0 Å². The van der Waals surface area contributed by atoms with Gasteiger partial charge < -0.3 is 9.72 Å². The maximum absolute atomic E-state index is 12.6. The molecule has 0 amide bonds. The van der Waals surface area contributed by atoms with E-state index in [1.807, 2.05) is 55.5 Å². The fraction of sp³-hybridized carbons (Fsp3) is 0.200. The summed E-state index contributed by atoms with van der Waals surface area (Å²) in [6, 6.07) is 16.9. The molecule has 0 aliphatic rings. The summed E-state index contributed by atoms with van der Waals surface area (Å²) in [4.78, 5) is 27.7. The number of pyridine rings is 1. The second-order valence-corrected chi connectivity index (χ2v) is 5.75. The molecular weight excluding hydrogens is 302 g/mol. The number of aryl methyl sites for hydroxylation is 1. The maximum Gasteiger partial charge on any atom is 0.306 e. The first-order chi connectivity index (χ1) is 11.6. The summed E-state index contributed by atoms with van der Waals surface area (Å²) < 4.78 is 5.27. The molecule has 4 nitrogen and oxygen atoms in total. The number of hydrogen-bond acceptors (Lipinski definition) is 3. The largest absolute Gasteiger partial charge is 0.461 e. The predicted molar refractivity (Wildman–Crippen MR) is 93.9 cm³/mol. The van der Waals surface area contributed by atoms with E-state index >= 15 is 0 Å². The minimum atomic E-state index is -0.300. The van der Waals surface area contributed by atoms with Crippen molar-refractivity contribution in [3.8, 4) is 0 Å². The van der Waals surface area contributed by atoms with Crippen molar-refractivity contribution in [1.82, 2.24) is 4.98 Å². The lowest BCUT2D eigenvalue weighted by Gasteiger charge is -2.08. The van der Waals surface area contributed by atoms with Crippen LogP contribution in [0.4, 0.5) is 0 Å². The van der Waals surface area contributed by atoms with E-state index in [1.165, 1.54) is 0 Å². The van der Waals surface area contributed by atoms with Crippen molar-refractivity contribution < 1.29 is 9.53 Å². The number of para-hydroxylation sites is 1. The Morgan fingerprint density at radius 2 is 1.75 bits per heavy atom. The Morgan fingerprint density at radius 1 is 1.04 bits per heavy atom. The molecule has 2 aromatic carbocycles. The van der Waals surface area contributed by atoms with Crippen LogP contribution in [-0.4, -0.2) is 11.0 Å². The highest BCUT2D eigenvalue weighted by Gasteiger charge is 2.12. The molecule has 0 spiro atoms. The second kappa shape index (κ2) is 7.13. The van der Waals surface area contributed by atoms with Gasteiger partial charge in [0.2, 0.25) is 0 Å². The Hall–Kier alpha value is -2.88. The molecule has 1 heterocycles. The fourth-order valence-electron chi connectivity index (χ4n) is 2.74. The number of H-pyrrole nitrogens is 1. The molecule has 0 atom stereocenters. The number of aromatic amines is 1. The van der Waals surface area contributed by atoms with Gasteiger partial charge in [-0.05, 0) is 31.0 Å². The van der Waals surface area contributed by atoms with Gasteiger partial charge in [-0.25, -0.2) is 0 Å². The maximum atomic E-state index is 12.6. The van der Waals surface area contributed by atoms with E-state index in [-0.39, 0.29) is 24.4 Å². The Bertz CT molecular complexity index is 913. The van der Waals surface area contributed by atoms with E-state index in [4.69, 9.17) is 4.74 Å². The topological polar surface area (TPSA) is 59.2 Å². The number of carbonyl (C=O) groups is 1. The molecule has 0 saturated carbocycles. The average molecular weight is 321 g/mol. The third-order valence-corrected chi connectivity index (χ3v) is 4.04. The molecule has 1 N–H and O–H groups in total.